The number of halogens is 3. The van der Waals surface area contributed by atoms with Gasteiger partial charge in [0.05, 0.1) is 11.6 Å². The number of rotatable bonds is 5. The van der Waals surface area contributed by atoms with Crippen molar-refractivity contribution in [2.75, 3.05) is 19.0 Å². The molecule has 1 aliphatic rings. The topological polar surface area (TPSA) is 60.0 Å². The Morgan fingerprint density at radius 2 is 1.61 bits per heavy atom. The number of nitriles is 2. The van der Waals surface area contributed by atoms with Crippen LogP contribution in [0.5, 0.6) is 0 Å². The lowest BCUT2D eigenvalue weighted by molar-refractivity contribution is -0.236. The monoisotopic (exact) mass is 425 g/mol. The summed E-state index contributed by atoms with van der Waals surface area (Å²) in [6, 6.07) is 11.4. The second-order valence-corrected chi connectivity index (χ2v) is 7.19. The number of benzene rings is 1. The second kappa shape index (κ2) is 9.40. The molecule has 2 rings (SSSR count). The van der Waals surface area contributed by atoms with Crippen molar-refractivity contribution in [1.82, 2.24) is 0 Å². The van der Waals surface area contributed by atoms with Gasteiger partial charge in [-0.3, -0.25) is 0 Å². The molecule has 0 aromatic heterocycles. The van der Waals surface area contributed by atoms with E-state index in [-0.39, 0.29) is 22.5 Å². The molecule has 0 aliphatic carbocycles. The molecule has 1 heterocycles. The fourth-order valence-electron chi connectivity index (χ4n) is 2.88. The predicted molar refractivity (Wildman–Crippen MR) is 115 cm³/mol. The molecule has 0 amide bonds. The Balaban J connectivity index is 2.26. The quantitative estimate of drug-likeness (QED) is 0.439. The molecular formula is C24H22F3N3O. The van der Waals surface area contributed by atoms with Gasteiger partial charge in [-0.15, -0.1) is 0 Å². The fraction of sp³-hybridized carbons (Fsp3) is 0.250. The van der Waals surface area contributed by atoms with Crippen molar-refractivity contribution in [2.45, 2.75) is 25.6 Å². The molecule has 0 radical (unpaired) electrons. The summed E-state index contributed by atoms with van der Waals surface area (Å²) in [6.07, 6.45) is 4.68. The highest BCUT2D eigenvalue weighted by atomic mass is 19.4. The summed E-state index contributed by atoms with van der Waals surface area (Å²) in [5.41, 5.74) is -1.37. The van der Waals surface area contributed by atoms with Gasteiger partial charge in [0.1, 0.15) is 11.6 Å². The summed E-state index contributed by atoms with van der Waals surface area (Å²) in [5, 5.41) is 18.4. The SMILES string of the molecule is C/C(C#N)=C1\OC(C)(C(F)(F)F)C(/C=C/C=C/C=C/c2ccc(N(C)C)cc2)=C1C#N. The average molecular weight is 425 g/mol. The largest absolute Gasteiger partial charge is 0.471 e. The molecule has 0 N–H and O–H groups in total. The Kier molecular flexibility index (Phi) is 7.15. The number of allylic oxidation sites excluding steroid dienone is 6. The van der Waals surface area contributed by atoms with Crippen LogP contribution in [-0.4, -0.2) is 25.9 Å². The van der Waals surface area contributed by atoms with Crippen LogP contribution < -0.4 is 4.90 Å². The van der Waals surface area contributed by atoms with Gasteiger partial charge < -0.3 is 9.64 Å². The first-order chi connectivity index (χ1) is 14.5. The van der Waals surface area contributed by atoms with E-state index in [1.807, 2.05) is 49.3 Å². The number of anilines is 1. The molecular weight excluding hydrogens is 403 g/mol. The summed E-state index contributed by atoms with van der Waals surface area (Å²) < 4.78 is 46.2. The van der Waals surface area contributed by atoms with Crippen molar-refractivity contribution < 1.29 is 17.9 Å². The Bertz CT molecular complexity index is 1060. The van der Waals surface area contributed by atoms with Crippen molar-refractivity contribution in [3.8, 4) is 12.1 Å². The van der Waals surface area contributed by atoms with Crippen LogP contribution in [0.4, 0.5) is 18.9 Å². The smallest absolute Gasteiger partial charge is 0.432 e. The van der Waals surface area contributed by atoms with Crippen molar-refractivity contribution in [2.24, 2.45) is 0 Å². The van der Waals surface area contributed by atoms with Crippen molar-refractivity contribution in [3.63, 3.8) is 0 Å². The zero-order chi connectivity index (χ0) is 23.2. The minimum atomic E-state index is -4.77. The first kappa shape index (κ1) is 23.6. The highest BCUT2D eigenvalue weighted by Gasteiger charge is 2.60. The highest BCUT2D eigenvalue weighted by molar-refractivity contribution is 5.59. The van der Waals surface area contributed by atoms with Crippen LogP contribution >= 0.6 is 0 Å². The molecule has 0 fully saturated rings. The van der Waals surface area contributed by atoms with E-state index >= 15 is 0 Å². The molecule has 7 heteroatoms. The van der Waals surface area contributed by atoms with E-state index in [1.165, 1.54) is 19.1 Å². The van der Waals surface area contributed by atoms with Gasteiger partial charge >= 0.3 is 6.18 Å². The lowest BCUT2D eigenvalue weighted by atomic mass is 9.92. The normalized spacial score (nSPS) is 20.9. The van der Waals surface area contributed by atoms with Crippen LogP contribution in [0.1, 0.15) is 19.4 Å². The minimum Gasteiger partial charge on any atom is -0.471 e. The molecule has 1 aromatic rings. The van der Waals surface area contributed by atoms with Crippen LogP contribution in [0.25, 0.3) is 6.08 Å². The third-order valence-corrected chi connectivity index (χ3v) is 4.77. The minimum absolute atomic E-state index is 0.0887. The Morgan fingerprint density at radius 3 is 2.10 bits per heavy atom. The fourth-order valence-corrected chi connectivity index (χ4v) is 2.88. The van der Waals surface area contributed by atoms with Gasteiger partial charge in [0.25, 0.3) is 0 Å². The molecule has 1 aliphatic heterocycles. The molecule has 1 aromatic carbocycles. The molecule has 0 spiro atoms. The maximum Gasteiger partial charge on any atom is 0.432 e. The van der Waals surface area contributed by atoms with Gasteiger partial charge in [0.15, 0.2) is 5.76 Å². The van der Waals surface area contributed by atoms with Gasteiger partial charge in [0.2, 0.25) is 5.60 Å². The van der Waals surface area contributed by atoms with Crippen molar-refractivity contribution >= 4 is 11.8 Å². The van der Waals surface area contributed by atoms with Crippen LogP contribution in [0, 0.1) is 22.7 Å². The van der Waals surface area contributed by atoms with E-state index in [0.717, 1.165) is 18.2 Å². The number of ether oxygens (including phenoxy) is 1. The van der Waals surface area contributed by atoms with E-state index < -0.39 is 11.8 Å². The van der Waals surface area contributed by atoms with Gasteiger partial charge in [-0.1, -0.05) is 48.6 Å². The third-order valence-electron chi connectivity index (χ3n) is 4.77. The van der Waals surface area contributed by atoms with Crippen LogP contribution in [0.3, 0.4) is 0 Å². The summed E-state index contributed by atoms with van der Waals surface area (Å²) in [4.78, 5) is 1.99. The molecule has 0 bridgehead atoms. The number of hydrogen-bond acceptors (Lipinski definition) is 4. The molecule has 31 heavy (non-hydrogen) atoms. The summed E-state index contributed by atoms with van der Waals surface area (Å²) >= 11 is 0. The van der Waals surface area contributed by atoms with Crippen molar-refractivity contribution in [1.29, 1.82) is 10.5 Å². The van der Waals surface area contributed by atoms with Gasteiger partial charge in [-0.05, 0) is 31.5 Å². The Hall–Kier alpha value is -3.71. The Labute approximate surface area is 180 Å². The van der Waals surface area contributed by atoms with E-state index in [1.54, 1.807) is 30.4 Å². The van der Waals surface area contributed by atoms with Crippen molar-refractivity contribution in [3.05, 3.63) is 82.7 Å². The van der Waals surface area contributed by atoms with E-state index in [9.17, 15) is 18.4 Å². The Morgan fingerprint density at radius 1 is 1.03 bits per heavy atom. The molecule has 1 unspecified atom stereocenters. The van der Waals surface area contributed by atoms with E-state index in [2.05, 4.69) is 0 Å². The maximum atomic E-state index is 13.7. The van der Waals surface area contributed by atoms with Crippen LogP contribution in [-0.2, 0) is 4.74 Å². The zero-order valence-corrected chi connectivity index (χ0v) is 17.7. The number of hydrogen-bond donors (Lipinski definition) is 0. The predicted octanol–water partition coefficient (Wildman–Crippen LogP) is 5.85. The molecule has 4 nitrogen and oxygen atoms in total. The van der Waals surface area contributed by atoms with Gasteiger partial charge in [-0.25, -0.2) is 0 Å². The number of nitrogens with zero attached hydrogens (tertiary/aromatic N) is 3. The molecule has 0 saturated carbocycles. The van der Waals surface area contributed by atoms with E-state index in [0.29, 0.717) is 0 Å². The average Bonchev–Trinajstić information content (AvgIpc) is 3.03. The van der Waals surface area contributed by atoms with Gasteiger partial charge in [0, 0.05) is 25.4 Å². The second-order valence-electron chi connectivity index (χ2n) is 7.19. The summed E-state index contributed by atoms with van der Waals surface area (Å²) in [5.74, 6) is -0.338. The third kappa shape index (κ3) is 5.07. The molecule has 160 valence electrons. The first-order valence-electron chi connectivity index (χ1n) is 9.36. The van der Waals surface area contributed by atoms with E-state index in [4.69, 9.17) is 10.00 Å². The lowest BCUT2D eigenvalue weighted by Gasteiger charge is -2.28. The first-order valence-corrected chi connectivity index (χ1v) is 9.36. The molecule has 1 atom stereocenters. The zero-order valence-electron chi connectivity index (χ0n) is 17.7. The summed E-state index contributed by atoms with van der Waals surface area (Å²) in [7, 11) is 3.90. The summed E-state index contributed by atoms with van der Waals surface area (Å²) in [6.45, 7) is 2.16. The van der Waals surface area contributed by atoms with Crippen LogP contribution in [0.15, 0.2) is 77.1 Å². The molecule has 0 saturated heterocycles. The van der Waals surface area contributed by atoms with Crippen LogP contribution in [0.2, 0.25) is 0 Å². The van der Waals surface area contributed by atoms with Gasteiger partial charge in [-0.2, -0.15) is 23.7 Å². The highest BCUT2D eigenvalue weighted by Crippen LogP contribution is 2.49. The standard InChI is InChI=1S/C24H22F3N3O/c1-17(15-28)22-20(16-29)21(23(2,31-22)24(25,26)27)10-8-6-5-7-9-18-11-13-19(14-12-18)30(3)4/h5-14H,1-4H3/b6-5+,9-7+,10-8+,22-17+. The lowest BCUT2D eigenvalue weighted by Crippen LogP contribution is -2.43. The maximum absolute atomic E-state index is 13.7. The number of alkyl halides is 3.